The van der Waals surface area contributed by atoms with Crippen molar-refractivity contribution in [2.45, 2.75) is 32.4 Å². The summed E-state index contributed by atoms with van der Waals surface area (Å²) in [5.41, 5.74) is 3.80. The molecule has 0 saturated heterocycles. The van der Waals surface area contributed by atoms with Gasteiger partial charge in [0.25, 0.3) is 0 Å². The second kappa shape index (κ2) is 5.52. The van der Waals surface area contributed by atoms with Gasteiger partial charge in [-0.3, -0.25) is 9.69 Å². The number of carbonyl (C=O) groups excluding carboxylic acids is 1. The van der Waals surface area contributed by atoms with Gasteiger partial charge in [0, 0.05) is 30.2 Å². The minimum absolute atomic E-state index is 0.0563. The van der Waals surface area contributed by atoms with E-state index in [9.17, 15) is 4.79 Å². The summed E-state index contributed by atoms with van der Waals surface area (Å²) in [7, 11) is 0. The van der Waals surface area contributed by atoms with E-state index in [1.807, 2.05) is 22.3 Å². The Balaban J connectivity index is 1.52. The number of hydrogen-bond donors (Lipinski definition) is 0. The summed E-state index contributed by atoms with van der Waals surface area (Å²) in [6, 6.07) is 10.4. The van der Waals surface area contributed by atoms with Crippen molar-refractivity contribution in [1.82, 2.24) is 4.90 Å². The first-order chi connectivity index (χ1) is 10.7. The van der Waals surface area contributed by atoms with Crippen LogP contribution in [0.15, 0.2) is 35.7 Å². The Morgan fingerprint density at radius 2 is 2.00 bits per heavy atom. The van der Waals surface area contributed by atoms with Crippen LogP contribution in [0.3, 0.4) is 0 Å². The van der Waals surface area contributed by atoms with Gasteiger partial charge >= 0.3 is 0 Å². The zero-order chi connectivity index (χ0) is 15.1. The van der Waals surface area contributed by atoms with Crippen LogP contribution in [0.25, 0.3) is 0 Å². The van der Waals surface area contributed by atoms with Gasteiger partial charge in [-0.2, -0.15) is 0 Å². The van der Waals surface area contributed by atoms with Crippen molar-refractivity contribution in [2.75, 3.05) is 18.0 Å². The quantitative estimate of drug-likeness (QED) is 0.851. The number of fused-ring (bicyclic) bond motifs is 2. The number of benzene rings is 1. The predicted molar refractivity (Wildman–Crippen MR) is 90.4 cm³/mol. The fourth-order valence-electron chi connectivity index (χ4n) is 3.55. The van der Waals surface area contributed by atoms with Gasteiger partial charge in [-0.1, -0.05) is 18.2 Å². The molecule has 2 aliphatic heterocycles. The Labute approximate surface area is 135 Å². The number of rotatable bonds is 2. The predicted octanol–water partition coefficient (Wildman–Crippen LogP) is 3.08. The van der Waals surface area contributed by atoms with Gasteiger partial charge in [0.05, 0.1) is 6.04 Å². The monoisotopic (exact) mass is 312 g/mol. The van der Waals surface area contributed by atoms with Crippen molar-refractivity contribution >= 4 is 22.9 Å². The van der Waals surface area contributed by atoms with Gasteiger partial charge < -0.3 is 4.90 Å². The Hall–Kier alpha value is -1.65. The van der Waals surface area contributed by atoms with E-state index in [0.29, 0.717) is 0 Å². The van der Waals surface area contributed by atoms with E-state index in [4.69, 9.17) is 0 Å². The van der Waals surface area contributed by atoms with E-state index in [2.05, 4.69) is 41.5 Å². The molecule has 3 nitrogen and oxygen atoms in total. The molecule has 4 heteroatoms. The van der Waals surface area contributed by atoms with E-state index in [-0.39, 0.29) is 11.9 Å². The van der Waals surface area contributed by atoms with E-state index in [1.165, 1.54) is 16.0 Å². The SMILES string of the molecule is CC(C(=O)N1CCc2ccccc21)N1CCc2sccc2C1. The highest BCUT2D eigenvalue weighted by Gasteiger charge is 2.32. The number of carbonyl (C=O) groups is 1. The first-order valence-electron chi connectivity index (χ1n) is 7.92. The second-order valence-electron chi connectivity index (χ2n) is 6.13. The standard InChI is InChI=1S/C18H20N2OS/c1-13(19-9-7-17-15(12-19)8-11-22-17)18(21)20-10-6-14-4-2-3-5-16(14)20/h2-5,8,11,13H,6-7,9-10,12H2,1H3. The zero-order valence-electron chi connectivity index (χ0n) is 12.8. The lowest BCUT2D eigenvalue weighted by molar-refractivity contribution is -0.123. The van der Waals surface area contributed by atoms with Crippen molar-refractivity contribution < 1.29 is 4.79 Å². The normalized spacial score (nSPS) is 18.9. The first-order valence-corrected chi connectivity index (χ1v) is 8.80. The van der Waals surface area contributed by atoms with Crippen molar-refractivity contribution in [2.24, 2.45) is 0 Å². The van der Waals surface area contributed by atoms with Crippen molar-refractivity contribution in [3.8, 4) is 0 Å². The summed E-state index contributed by atoms with van der Waals surface area (Å²) in [5, 5.41) is 2.16. The third kappa shape index (κ3) is 2.27. The van der Waals surface area contributed by atoms with Crippen LogP contribution in [0, 0.1) is 0 Å². The molecule has 1 unspecified atom stereocenters. The molecule has 1 amide bonds. The first kappa shape index (κ1) is 14.0. The fourth-order valence-corrected chi connectivity index (χ4v) is 4.44. The second-order valence-corrected chi connectivity index (χ2v) is 7.13. The highest BCUT2D eigenvalue weighted by atomic mass is 32.1. The smallest absolute Gasteiger partial charge is 0.244 e. The minimum atomic E-state index is -0.0563. The topological polar surface area (TPSA) is 23.6 Å². The molecule has 0 N–H and O–H groups in total. The van der Waals surface area contributed by atoms with Crippen molar-refractivity contribution in [3.63, 3.8) is 0 Å². The maximum atomic E-state index is 12.9. The summed E-state index contributed by atoms with van der Waals surface area (Å²) >= 11 is 1.84. The molecule has 22 heavy (non-hydrogen) atoms. The van der Waals surface area contributed by atoms with E-state index in [0.717, 1.165) is 38.2 Å². The van der Waals surface area contributed by atoms with Crippen LogP contribution in [-0.4, -0.2) is 29.9 Å². The van der Waals surface area contributed by atoms with E-state index in [1.54, 1.807) is 0 Å². The van der Waals surface area contributed by atoms with Crippen molar-refractivity contribution in [3.05, 3.63) is 51.7 Å². The molecule has 2 aliphatic rings. The maximum Gasteiger partial charge on any atom is 0.244 e. The van der Waals surface area contributed by atoms with Crippen LogP contribution >= 0.6 is 11.3 Å². The number of amides is 1. The summed E-state index contributed by atoms with van der Waals surface area (Å²) in [5.74, 6) is 0.239. The Bertz CT molecular complexity index is 709. The lowest BCUT2D eigenvalue weighted by Gasteiger charge is -2.33. The Kier molecular flexibility index (Phi) is 3.51. The summed E-state index contributed by atoms with van der Waals surface area (Å²) in [6.07, 6.45) is 2.05. The third-order valence-corrected chi connectivity index (χ3v) is 5.92. The van der Waals surface area contributed by atoms with Crippen LogP contribution in [0.4, 0.5) is 5.69 Å². The molecule has 1 aromatic carbocycles. The molecule has 114 valence electrons. The highest BCUT2D eigenvalue weighted by molar-refractivity contribution is 7.10. The third-order valence-electron chi connectivity index (χ3n) is 4.90. The molecule has 0 spiro atoms. The number of thiophene rings is 1. The lowest BCUT2D eigenvalue weighted by Crippen LogP contribution is -2.48. The van der Waals surface area contributed by atoms with Gasteiger partial charge in [0.2, 0.25) is 5.91 Å². The van der Waals surface area contributed by atoms with E-state index < -0.39 is 0 Å². The van der Waals surface area contributed by atoms with Gasteiger partial charge in [0.15, 0.2) is 0 Å². The molecule has 0 fully saturated rings. The van der Waals surface area contributed by atoms with Gasteiger partial charge in [-0.25, -0.2) is 0 Å². The van der Waals surface area contributed by atoms with Gasteiger partial charge in [-0.05, 0) is 48.4 Å². The largest absolute Gasteiger partial charge is 0.310 e. The molecule has 0 bridgehead atoms. The van der Waals surface area contributed by atoms with Gasteiger partial charge in [-0.15, -0.1) is 11.3 Å². The summed E-state index contributed by atoms with van der Waals surface area (Å²) in [6.45, 7) is 4.76. The molecular formula is C18H20N2OS. The Morgan fingerprint density at radius 3 is 2.91 bits per heavy atom. The number of anilines is 1. The zero-order valence-corrected chi connectivity index (χ0v) is 13.6. The maximum absolute atomic E-state index is 12.9. The molecule has 0 saturated carbocycles. The molecule has 1 aromatic heterocycles. The molecule has 4 rings (SSSR count). The van der Waals surface area contributed by atoms with Crippen LogP contribution in [0.5, 0.6) is 0 Å². The summed E-state index contributed by atoms with van der Waals surface area (Å²) in [4.78, 5) is 18.7. The minimum Gasteiger partial charge on any atom is -0.310 e. The van der Waals surface area contributed by atoms with Gasteiger partial charge in [0.1, 0.15) is 0 Å². The van der Waals surface area contributed by atoms with Crippen LogP contribution < -0.4 is 4.90 Å². The van der Waals surface area contributed by atoms with Crippen molar-refractivity contribution in [1.29, 1.82) is 0 Å². The van der Waals surface area contributed by atoms with Crippen LogP contribution in [0.1, 0.15) is 22.9 Å². The number of hydrogen-bond acceptors (Lipinski definition) is 3. The van der Waals surface area contributed by atoms with E-state index >= 15 is 0 Å². The van der Waals surface area contributed by atoms with Crippen LogP contribution in [0.2, 0.25) is 0 Å². The fraction of sp³-hybridized carbons (Fsp3) is 0.389. The summed E-state index contributed by atoms with van der Waals surface area (Å²) < 4.78 is 0. The average molecular weight is 312 g/mol. The molecule has 0 radical (unpaired) electrons. The molecule has 2 aromatic rings. The number of nitrogens with zero attached hydrogens (tertiary/aromatic N) is 2. The lowest BCUT2D eigenvalue weighted by atomic mass is 10.1. The Morgan fingerprint density at radius 1 is 1.14 bits per heavy atom. The number of para-hydroxylation sites is 1. The highest BCUT2D eigenvalue weighted by Crippen LogP contribution is 2.30. The molecule has 0 aliphatic carbocycles. The molecular weight excluding hydrogens is 292 g/mol. The molecule has 1 atom stereocenters. The average Bonchev–Trinajstić information content (AvgIpc) is 3.19. The molecule has 3 heterocycles. The van der Waals surface area contributed by atoms with Crippen LogP contribution in [-0.2, 0) is 24.2 Å².